The number of ketones is 1. The fraction of sp³-hybridized carbons (Fsp3) is 0.529. The lowest BCUT2D eigenvalue weighted by atomic mass is 9.86. The van der Waals surface area contributed by atoms with Crippen molar-refractivity contribution in [2.75, 3.05) is 0 Å². The van der Waals surface area contributed by atoms with Gasteiger partial charge in [0.05, 0.1) is 11.0 Å². The minimum atomic E-state index is -4.51. The highest BCUT2D eigenvalue weighted by Crippen LogP contribution is 2.38. The third-order valence-electron chi connectivity index (χ3n) is 4.35. The molecule has 0 N–H and O–H groups in total. The molecule has 0 heterocycles. The number of benzene rings is 1. The van der Waals surface area contributed by atoms with Crippen molar-refractivity contribution in [1.82, 2.24) is 0 Å². The van der Waals surface area contributed by atoms with Crippen LogP contribution in [0.2, 0.25) is 0 Å². The summed E-state index contributed by atoms with van der Waals surface area (Å²) in [7, 11) is 0. The number of esters is 1. The van der Waals surface area contributed by atoms with Gasteiger partial charge in [-0.1, -0.05) is 13.0 Å². The first-order valence-electron chi connectivity index (χ1n) is 7.51. The fourth-order valence-corrected chi connectivity index (χ4v) is 2.37. The summed E-state index contributed by atoms with van der Waals surface area (Å²) in [6, 6.07) is 2.98. The molecule has 0 saturated carbocycles. The lowest BCUT2D eigenvalue weighted by Gasteiger charge is -2.29. The molecule has 0 spiro atoms. The molecule has 1 aliphatic carbocycles. The SMILES string of the molecule is CCC(C)(C)C(=O)OC1CCC(=O)c2ccc(C(F)(F)F)cc21. The number of fused-ring (bicyclic) bond motifs is 1. The maximum absolute atomic E-state index is 12.9. The van der Waals surface area contributed by atoms with Crippen LogP contribution in [0.15, 0.2) is 18.2 Å². The zero-order valence-corrected chi connectivity index (χ0v) is 13.3. The van der Waals surface area contributed by atoms with Gasteiger partial charge in [-0.05, 0) is 38.8 Å². The van der Waals surface area contributed by atoms with Crippen molar-refractivity contribution >= 4 is 11.8 Å². The molecular formula is C17H19F3O3. The third-order valence-corrected chi connectivity index (χ3v) is 4.35. The Balaban J connectivity index is 2.37. The van der Waals surface area contributed by atoms with Gasteiger partial charge >= 0.3 is 12.1 Å². The van der Waals surface area contributed by atoms with Crippen LogP contribution in [-0.2, 0) is 15.7 Å². The van der Waals surface area contributed by atoms with Crippen LogP contribution >= 0.6 is 0 Å². The molecule has 0 amide bonds. The first-order chi connectivity index (χ1) is 10.6. The van der Waals surface area contributed by atoms with Crippen LogP contribution in [-0.4, -0.2) is 11.8 Å². The molecule has 0 aromatic heterocycles. The predicted molar refractivity (Wildman–Crippen MR) is 77.9 cm³/mol. The van der Waals surface area contributed by atoms with E-state index in [4.69, 9.17) is 4.74 Å². The largest absolute Gasteiger partial charge is 0.457 e. The number of rotatable bonds is 3. The van der Waals surface area contributed by atoms with Crippen LogP contribution in [0.3, 0.4) is 0 Å². The Hall–Kier alpha value is -1.85. The van der Waals surface area contributed by atoms with Gasteiger partial charge in [-0.2, -0.15) is 13.2 Å². The molecule has 1 aromatic rings. The van der Waals surface area contributed by atoms with Crippen molar-refractivity contribution in [1.29, 1.82) is 0 Å². The highest BCUT2D eigenvalue weighted by Gasteiger charge is 2.37. The number of ether oxygens (including phenoxy) is 1. The Morgan fingerprint density at radius 1 is 1.30 bits per heavy atom. The van der Waals surface area contributed by atoms with Crippen LogP contribution in [0.1, 0.15) is 67.6 Å². The first-order valence-corrected chi connectivity index (χ1v) is 7.51. The number of halogens is 3. The molecule has 1 unspecified atom stereocenters. The van der Waals surface area contributed by atoms with Gasteiger partial charge in [0.15, 0.2) is 5.78 Å². The summed E-state index contributed by atoms with van der Waals surface area (Å²) in [6.45, 7) is 5.27. The van der Waals surface area contributed by atoms with Crippen molar-refractivity contribution in [3.05, 3.63) is 34.9 Å². The normalized spacial score (nSPS) is 18.5. The summed E-state index contributed by atoms with van der Waals surface area (Å²) in [5.41, 5.74) is -1.21. The van der Waals surface area contributed by atoms with E-state index in [1.807, 2.05) is 6.92 Å². The van der Waals surface area contributed by atoms with Crippen molar-refractivity contribution in [3.8, 4) is 0 Å². The van der Waals surface area contributed by atoms with Gasteiger partial charge in [-0.15, -0.1) is 0 Å². The van der Waals surface area contributed by atoms with E-state index in [9.17, 15) is 22.8 Å². The Bertz CT molecular complexity index is 632. The lowest BCUT2D eigenvalue weighted by Crippen LogP contribution is -2.29. The molecule has 23 heavy (non-hydrogen) atoms. The minimum absolute atomic E-state index is 0.149. The molecule has 0 bridgehead atoms. The van der Waals surface area contributed by atoms with Gasteiger partial charge in [0.25, 0.3) is 0 Å². The highest BCUT2D eigenvalue weighted by atomic mass is 19.4. The minimum Gasteiger partial charge on any atom is -0.457 e. The zero-order valence-electron chi connectivity index (χ0n) is 13.3. The Morgan fingerprint density at radius 2 is 1.96 bits per heavy atom. The molecule has 1 atom stereocenters. The predicted octanol–water partition coefficient (Wildman–Crippen LogP) is 4.70. The van der Waals surface area contributed by atoms with Gasteiger partial charge < -0.3 is 4.74 Å². The van der Waals surface area contributed by atoms with Crippen molar-refractivity contribution in [2.24, 2.45) is 5.41 Å². The van der Waals surface area contributed by atoms with E-state index < -0.39 is 29.2 Å². The zero-order chi connectivity index (χ0) is 17.4. The van der Waals surface area contributed by atoms with E-state index in [-0.39, 0.29) is 29.8 Å². The van der Waals surface area contributed by atoms with Gasteiger partial charge in [0, 0.05) is 17.5 Å². The van der Waals surface area contributed by atoms with Gasteiger partial charge in [0.2, 0.25) is 0 Å². The number of hydrogen-bond acceptors (Lipinski definition) is 3. The average Bonchev–Trinajstić information content (AvgIpc) is 2.48. The Labute approximate surface area is 132 Å². The van der Waals surface area contributed by atoms with Gasteiger partial charge in [-0.3, -0.25) is 9.59 Å². The highest BCUT2D eigenvalue weighted by molar-refractivity contribution is 5.98. The van der Waals surface area contributed by atoms with Crippen LogP contribution in [0.5, 0.6) is 0 Å². The fourth-order valence-electron chi connectivity index (χ4n) is 2.37. The molecule has 3 nitrogen and oxygen atoms in total. The third kappa shape index (κ3) is 3.57. The molecule has 0 fully saturated rings. The van der Waals surface area contributed by atoms with E-state index in [2.05, 4.69) is 0 Å². The van der Waals surface area contributed by atoms with Crippen LogP contribution in [0.4, 0.5) is 13.2 Å². The molecule has 0 radical (unpaired) electrons. The molecule has 1 aliphatic rings. The summed E-state index contributed by atoms with van der Waals surface area (Å²) in [5.74, 6) is -0.696. The molecule has 0 aliphatic heterocycles. The van der Waals surface area contributed by atoms with Gasteiger partial charge in [-0.25, -0.2) is 0 Å². The number of Topliss-reactive ketones (excluding diaryl/α,β-unsaturated/α-hetero) is 1. The Kier molecular flexibility index (Phi) is 4.55. The second-order valence-corrected chi connectivity index (χ2v) is 6.39. The van der Waals surface area contributed by atoms with Crippen LogP contribution in [0.25, 0.3) is 0 Å². The summed E-state index contributed by atoms with van der Waals surface area (Å²) in [5, 5.41) is 0. The van der Waals surface area contributed by atoms with E-state index in [0.717, 1.165) is 12.1 Å². The standard InChI is InChI=1S/C17H19F3O3/c1-4-16(2,3)15(22)23-14-8-7-13(21)11-6-5-10(9-12(11)14)17(18,19)20/h5-6,9,14H,4,7-8H2,1-3H3. The second kappa shape index (κ2) is 5.98. The molecule has 1 aromatic carbocycles. The van der Waals surface area contributed by atoms with E-state index >= 15 is 0 Å². The van der Waals surface area contributed by atoms with Crippen molar-refractivity contribution in [2.45, 2.75) is 52.3 Å². The van der Waals surface area contributed by atoms with E-state index in [1.165, 1.54) is 6.07 Å². The van der Waals surface area contributed by atoms with Gasteiger partial charge in [0.1, 0.15) is 6.10 Å². The quantitative estimate of drug-likeness (QED) is 0.755. The molecule has 6 heteroatoms. The molecule has 126 valence electrons. The van der Waals surface area contributed by atoms with E-state index in [0.29, 0.717) is 6.42 Å². The maximum atomic E-state index is 12.9. The van der Waals surface area contributed by atoms with Crippen molar-refractivity contribution < 1.29 is 27.5 Å². The summed E-state index contributed by atoms with van der Waals surface area (Å²) >= 11 is 0. The molecular weight excluding hydrogens is 309 g/mol. The monoisotopic (exact) mass is 328 g/mol. The first kappa shape index (κ1) is 17.5. The van der Waals surface area contributed by atoms with E-state index in [1.54, 1.807) is 13.8 Å². The summed E-state index contributed by atoms with van der Waals surface area (Å²) < 4.78 is 44.1. The second-order valence-electron chi connectivity index (χ2n) is 6.39. The van der Waals surface area contributed by atoms with Crippen LogP contribution in [0, 0.1) is 5.41 Å². The molecule has 2 rings (SSSR count). The molecule has 0 saturated heterocycles. The number of carbonyl (C=O) groups excluding carboxylic acids is 2. The Morgan fingerprint density at radius 3 is 2.52 bits per heavy atom. The number of hydrogen-bond donors (Lipinski definition) is 0. The average molecular weight is 328 g/mol. The summed E-state index contributed by atoms with van der Waals surface area (Å²) in [6.07, 6.45) is -4.41. The topological polar surface area (TPSA) is 43.4 Å². The maximum Gasteiger partial charge on any atom is 0.416 e. The smallest absolute Gasteiger partial charge is 0.416 e. The van der Waals surface area contributed by atoms with Crippen molar-refractivity contribution in [3.63, 3.8) is 0 Å². The lowest BCUT2D eigenvalue weighted by molar-refractivity contribution is -0.160. The number of carbonyl (C=O) groups is 2. The number of alkyl halides is 3. The summed E-state index contributed by atoms with van der Waals surface area (Å²) in [4.78, 5) is 24.1. The van der Waals surface area contributed by atoms with Crippen LogP contribution < -0.4 is 0 Å².